The van der Waals surface area contributed by atoms with E-state index in [0.717, 1.165) is 11.1 Å². The summed E-state index contributed by atoms with van der Waals surface area (Å²) in [6.45, 7) is 6.98. The first-order valence-corrected chi connectivity index (χ1v) is 10.0. The van der Waals surface area contributed by atoms with Gasteiger partial charge in [-0.05, 0) is 50.8 Å². The first-order chi connectivity index (χ1) is 11.9. The number of nitrogen functional groups attached to an aromatic ring is 1. The molecule has 0 fully saturated rings. The third kappa shape index (κ3) is 7.13. The number of nitrogens with zero attached hydrogens (tertiary/aromatic N) is 1. The summed E-state index contributed by atoms with van der Waals surface area (Å²) in [7, 11) is 0. The van der Waals surface area contributed by atoms with E-state index in [2.05, 4.69) is 0 Å². The van der Waals surface area contributed by atoms with Gasteiger partial charge in [-0.3, -0.25) is 0 Å². The molecule has 8 heteroatoms. The molecule has 1 unspecified atom stereocenters. The van der Waals surface area contributed by atoms with Crippen molar-refractivity contribution in [3.63, 3.8) is 0 Å². The van der Waals surface area contributed by atoms with Gasteiger partial charge in [-0.15, -0.1) is 0 Å². The molecule has 2 atom stereocenters. The fraction of sp³-hybridized carbons (Fsp3) is 0.556. The van der Waals surface area contributed by atoms with Crippen LogP contribution in [0.25, 0.3) is 0 Å². The van der Waals surface area contributed by atoms with Crippen LogP contribution in [-0.2, 0) is 21.7 Å². The Kier molecular flexibility index (Phi) is 7.77. The lowest BCUT2D eigenvalue weighted by Gasteiger charge is -2.25. The second kappa shape index (κ2) is 9.14. The normalized spacial score (nSPS) is 13.8. The molecule has 0 aliphatic carbocycles. The van der Waals surface area contributed by atoms with Crippen molar-refractivity contribution in [2.24, 2.45) is 0 Å². The summed E-state index contributed by atoms with van der Waals surface area (Å²) in [6, 6.07) is 5.41. The van der Waals surface area contributed by atoms with Gasteiger partial charge in [0.05, 0.1) is 6.26 Å². The topological polar surface area (TPSA) is 116 Å². The van der Waals surface area contributed by atoms with Crippen molar-refractivity contribution in [2.75, 3.05) is 18.5 Å². The van der Waals surface area contributed by atoms with Crippen molar-refractivity contribution in [2.45, 2.75) is 51.4 Å². The molecule has 3 N–H and O–H groups in total. The Labute approximate surface area is 157 Å². The maximum Gasteiger partial charge on any atom is 0.419 e. The minimum absolute atomic E-state index is 0.00441. The molecule has 1 rings (SSSR count). The van der Waals surface area contributed by atoms with Crippen LogP contribution in [-0.4, -0.2) is 45.1 Å². The molecule has 0 aromatic heterocycles. The largest absolute Gasteiger partial charge is 0.616 e. The number of ether oxygens (including phenoxy) is 1. The SMILES string of the molecule is CC(CCN(C(=O)O)C(=O)OC(C)(C)C)c1ccc(N)cc1C[S@+](C)[O-]. The molecular weight excluding hydrogens is 356 g/mol. The lowest BCUT2D eigenvalue weighted by Crippen LogP contribution is -2.41. The highest BCUT2D eigenvalue weighted by molar-refractivity contribution is 7.89. The minimum atomic E-state index is -1.35. The van der Waals surface area contributed by atoms with Gasteiger partial charge in [0, 0.05) is 17.8 Å². The number of rotatable bonds is 6. The number of carbonyl (C=O) groups excluding carboxylic acids is 1. The zero-order valence-electron chi connectivity index (χ0n) is 15.9. The number of carbonyl (C=O) groups is 2. The van der Waals surface area contributed by atoms with E-state index in [-0.39, 0.29) is 12.5 Å². The van der Waals surface area contributed by atoms with E-state index in [4.69, 9.17) is 10.5 Å². The molecule has 0 aliphatic heterocycles. The molecule has 0 aliphatic rings. The van der Waals surface area contributed by atoms with Gasteiger partial charge in [0.2, 0.25) is 0 Å². The van der Waals surface area contributed by atoms with Crippen molar-refractivity contribution in [3.8, 4) is 0 Å². The van der Waals surface area contributed by atoms with Gasteiger partial charge in [0.1, 0.15) is 11.4 Å². The number of hydrogen-bond acceptors (Lipinski definition) is 5. The predicted molar refractivity (Wildman–Crippen MR) is 103 cm³/mol. The van der Waals surface area contributed by atoms with Gasteiger partial charge in [0.15, 0.2) is 0 Å². The highest BCUT2D eigenvalue weighted by Gasteiger charge is 2.27. The summed E-state index contributed by atoms with van der Waals surface area (Å²) in [4.78, 5) is 24.2. The maximum absolute atomic E-state index is 12.1. The fourth-order valence-corrected chi connectivity index (χ4v) is 3.20. The molecule has 0 radical (unpaired) electrons. The van der Waals surface area contributed by atoms with E-state index >= 15 is 0 Å². The van der Waals surface area contributed by atoms with Crippen molar-refractivity contribution in [1.29, 1.82) is 0 Å². The summed E-state index contributed by atoms with van der Waals surface area (Å²) in [5.74, 6) is 0.331. The number of imide groups is 1. The van der Waals surface area contributed by atoms with Crippen molar-refractivity contribution >= 4 is 29.0 Å². The number of hydrogen-bond donors (Lipinski definition) is 2. The molecule has 146 valence electrons. The Balaban J connectivity index is 2.87. The summed E-state index contributed by atoms with van der Waals surface area (Å²) >= 11 is -1.02. The van der Waals surface area contributed by atoms with E-state index in [1.54, 1.807) is 39.2 Å². The zero-order chi connectivity index (χ0) is 20.1. The number of amides is 2. The maximum atomic E-state index is 12.1. The third-order valence-corrected chi connectivity index (χ3v) is 4.40. The zero-order valence-corrected chi connectivity index (χ0v) is 16.8. The Hall–Kier alpha value is -1.93. The van der Waals surface area contributed by atoms with E-state index in [1.165, 1.54) is 0 Å². The highest BCUT2D eigenvalue weighted by Crippen LogP contribution is 2.27. The summed E-state index contributed by atoms with van der Waals surface area (Å²) in [5.41, 5.74) is 7.45. The second-order valence-corrected chi connectivity index (χ2v) is 8.72. The average Bonchev–Trinajstić information content (AvgIpc) is 2.44. The Bertz CT molecular complexity index is 643. The summed E-state index contributed by atoms with van der Waals surface area (Å²) in [6.07, 6.45) is -0.200. The molecule has 0 heterocycles. The molecule has 0 saturated carbocycles. The molecule has 26 heavy (non-hydrogen) atoms. The van der Waals surface area contributed by atoms with Crippen LogP contribution < -0.4 is 5.73 Å². The van der Waals surface area contributed by atoms with Crippen molar-refractivity contribution in [1.82, 2.24) is 4.90 Å². The fourth-order valence-electron chi connectivity index (χ4n) is 2.51. The summed E-state index contributed by atoms with van der Waals surface area (Å²) in [5, 5.41) is 9.30. The highest BCUT2D eigenvalue weighted by atomic mass is 32.2. The predicted octanol–water partition coefficient (Wildman–Crippen LogP) is 3.56. The van der Waals surface area contributed by atoms with E-state index in [1.807, 2.05) is 13.0 Å². The van der Waals surface area contributed by atoms with Crippen molar-refractivity contribution < 1.29 is 24.0 Å². The monoisotopic (exact) mass is 384 g/mol. The minimum Gasteiger partial charge on any atom is -0.616 e. The molecular formula is C18H28N2O5S. The van der Waals surface area contributed by atoms with Gasteiger partial charge < -0.3 is 20.1 Å². The number of nitrogens with two attached hydrogens (primary N) is 1. The van der Waals surface area contributed by atoms with Gasteiger partial charge in [-0.1, -0.05) is 24.2 Å². The van der Waals surface area contributed by atoms with Gasteiger partial charge in [-0.2, -0.15) is 0 Å². The van der Waals surface area contributed by atoms with Crippen LogP contribution in [0.3, 0.4) is 0 Å². The lowest BCUT2D eigenvalue weighted by atomic mass is 9.93. The Morgan fingerprint density at radius 3 is 2.50 bits per heavy atom. The smallest absolute Gasteiger partial charge is 0.419 e. The molecule has 0 spiro atoms. The number of benzene rings is 1. The molecule has 7 nitrogen and oxygen atoms in total. The molecule has 1 aromatic rings. The Morgan fingerprint density at radius 1 is 1.38 bits per heavy atom. The van der Waals surface area contributed by atoms with Crippen LogP contribution in [0.2, 0.25) is 0 Å². The van der Waals surface area contributed by atoms with Gasteiger partial charge in [-0.25, -0.2) is 14.5 Å². The molecule has 0 bridgehead atoms. The van der Waals surface area contributed by atoms with Crippen LogP contribution >= 0.6 is 0 Å². The molecule has 1 aromatic carbocycles. The first-order valence-electron chi connectivity index (χ1n) is 8.32. The van der Waals surface area contributed by atoms with E-state index < -0.39 is 29.0 Å². The van der Waals surface area contributed by atoms with E-state index in [0.29, 0.717) is 22.8 Å². The van der Waals surface area contributed by atoms with Gasteiger partial charge >= 0.3 is 12.2 Å². The van der Waals surface area contributed by atoms with Crippen LogP contribution in [0.1, 0.15) is 51.2 Å². The number of anilines is 1. The Morgan fingerprint density at radius 2 is 2.00 bits per heavy atom. The number of carboxylic acid groups (broad SMARTS) is 1. The van der Waals surface area contributed by atoms with Crippen LogP contribution in [0.4, 0.5) is 15.3 Å². The first kappa shape index (κ1) is 22.1. The van der Waals surface area contributed by atoms with Crippen molar-refractivity contribution in [3.05, 3.63) is 29.3 Å². The average molecular weight is 384 g/mol. The van der Waals surface area contributed by atoms with Gasteiger partial charge in [0.25, 0.3) is 0 Å². The standard InChI is InChI=1S/C18H28N2O5S/c1-12(15-7-6-14(19)10-13(15)11-26(5)24)8-9-20(16(21)22)17(23)25-18(2,3)4/h6-7,10,12H,8-9,11,19H2,1-5H3,(H,21,22)/t12?,26-/m0/s1. The van der Waals surface area contributed by atoms with Crippen LogP contribution in [0.5, 0.6) is 0 Å². The van der Waals surface area contributed by atoms with E-state index in [9.17, 15) is 19.2 Å². The second-order valence-electron chi connectivity index (χ2n) is 7.28. The van der Waals surface area contributed by atoms with Crippen LogP contribution in [0.15, 0.2) is 18.2 Å². The third-order valence-electron chi connectivity index (χ3n) is 3.69. The summed E-state index contributed by atoms with van der Waals surface area (Å²) < 4.78 is 16.7. The quantitative estimate of drug-likeness (QED) is 0.572. The molecule has 2 amide bonds. The molecule has 0 saturated heterocycles. The van der Waals surface area contributed by atoms with Crippen LogP contribution in [0, 0.1) is 0 Å². The lowest BCUT2D eigenvalue weighted by molar-refractivity contribution is 0.0266.